The predicted molar refractivity (Wildman–Crippen MR) is 101 cm³/mol. The Morgan fingerprint density at radius 2 is 1.69 bits per heavy atom. The second-order valence-electron chi connectivity index (χ2n) is 5.90. The fourth-order valence-electron chi connectivity index (χ4n) is 2.55. The molecule has 5 nitrogen and oxygen atoms in total. The quantitative estimate of drug-likeness (QED) is 0.694. The molecule has 2 amide bonds. The van der Waals surface area contributed by atoms with Crippen LogP contribution in [-0.4, -0.2) is 16.4 Å². The Labute approximate surface area is 156 Å². The molecule has 2 aromatic carbocycles. The summed E-state index contributed by atoms with van der Waals surface area (Å²) in [7, 11) is 0. The van der Waals surface area contributed by atoms with Crippen molar-refractivity contribution < 1.29 is 9.59 Å². The molecule has 3 aromatic rings. The number of aryl methyl sites for hydroxylation is 1. The molecule has 132 valence electrons. The highest BCUT2D eigenvalue weighted by Gasteiger charge is 2.10. The molecule has 0 bridgehead atoms. The SMILES string of the molecule is Cc1ccc(C(=O)NNC(=O)Cc2ccc(Cl)cc2)cc1-n1cccc1. The van der Waals surface area contributed by atoms with E-state index in [9.17, 15) is 9.59 Å². The molecule has 0 saturated heterocycles. The van der Waals surface area contributed by atoms with E-state index in [1.807, 2.05) is 42.1 Å². The van der Waals surface area contributed by atoms with Gasteiger partial charge in [0.2, 0.25) is 5.91 Å². The maximum absolute atomic E-state index is 12.3. The summed E-state index contributed by atoms with van der Waals surface area (Å²) in [4.78, 5) is 24.3. The van der Waals surface area contributed by atoms with Crippen LogP contribution in [0.2, 0.25) is 5.02 Å². The van der Waals surface area contributed by atoms with Gasteiger partial charge in [0.15, 0.2) is 0 Å². The molecular weight excluding hydrogens is 350 g/mol. The first-order valence-corrected chi connectivity index (χ1v) is 8.48. The number of carbonyl (C=O) groups is 2. The van der Waals surface area contributed by atoms with Crippen LogP contribution in [0.15, 0.2) is 67.0 Å². The van der Waals surface area contributed by atoms with Crippen LogP contribution >= 0.6 is 11.6 Å². The highest BCUT2D eigenvalue weighted by molar-refractivity contribution is 6.30. The highest BCUT2D eigenvalue weighted by atomic mass is 35.5. The number of hydrazine groups is 1. The van der Waals surface area contributed by atoms with Crippen LogP contribution in [0, 0.1) is 6.92 Å². The van der Waals surface area contributed by atoms with E-state index in [4.69, 9.17) is 11.6 Å². The van der Waals surface area contributed by atoms with E-state index < -0.39 is 0 Å². The molecule has 26 heavy (non-hydrogen) atoms. The molecule has 0 aliphatic heterocycles. The molecule has 0 atom stereocenters. The molecule has 6 heteroatoms. The predicted octanol–water partition coefficient (Wildman–Crippen LogP) is 3.44. The van der Waals surface area contributed by atoms with Crippen molar-refractivity contribution in [2.45, 2.75) is 13.3 Å². The zero-order valence-corrected chi connectivity index (χ0v) is 15.0. The van der Waals surface area contributed by atoms with Gasteiger partial charge in [0.05, 0.1) is 6.42 Å². The summed E-state index contributed by atoms with van der Waals surface area (Å²) in [5.41, 5.74) is 8.12. The summed E-state index contributed by atoms with van der Waals surface area (Å²) in [6.45, 7) is 1.98. The standard InChI is InChI=1S/C20H18ClN3O2/c1-14-4-7-16(13-18(14)24-10-2-3-11-24)20(26)23-22-19(25)12-15-5-8-17(21)9-6-15/h2-11,13H,12H2,1H3,(H,22,25)(H,23,26). The van der Waals surface area contributed by atoms with E-state index in [0.717, 1.165) is 16.8 Å². The lowest BCUT2D eigenvalue weighted by Gasteiger charge is -2.11. The Hall–Kier alpha value is -3.05. The lowest BCUT2D eigenvalue weighted by molar-refractivity contribution is -0.121. The molecule has 1 heterocycles. The minimum Gasteiger partial charge on any atom is -0.324 e. The lowest BCUT2D eigenvalue weighted by atomic mass is 10.1. The number of nitrogens with one attached hydrogen (secondary N) is 2. The first-order valence-electron chi connectivity index (χ1n) is 8.10. The molecule has 0 aliphatic rings. The van der Waals surface area contributed by atoms with Gasteiger partial charge in [0.25, 0.3) is 5.91 Å². The number of rotatable bonds is 4. The maximum Gasteiger partial charge on any atom is 0.269 e. The van der Waals surface area contributed by atoms with Crippen LogP contribution in [0.4, 0.5) is 0 Å². The lowest BCUT2D eigenvalue weighted by Crippen LogP contribution is -2.42. The second kappa shape index (κ2) is 7.89. The number of nitrogens with zero attached hydrogens (tertiary/aromatic N) is 1. The van der Waals surface area contributed by atoms with Gasteiger partial charge in [0, 0.05) is 28.7 Å². The van der Waals surface area contributed by atoms with Gasteiger partial charge in [-0.25, -0.2) is 0 Å². The van der Waals surface area contributed by atoms with Crippen LogP contribution in [0.3, 0.4) is 0 Å². The fraction of sp³-hybridized carbons (Fsp3) is 0.100. The molecule has 0 radical (unpaired) electrons. The van der Waals surface area contributed by atoms with Crippen molar-refractivity contribution >= 4 is 23.4 Å². The number of carbonyl (C=O) groups excluding carboxylic acids is 2. The van der Waals surface area contributed by atoms with Gasteiger partial charge in [-0.1, -0.05) is 29.8 Å². The van der Waals surface area contributed by atoms with Crippen molar-refractivity contribution in [1.82, 2.24) is 15.4 Å². The monoisotopic (exact) mass is 367 g/mol. The summed E-state index contributed by atoms with van der Waals surface area (Å²) < 4.78 is 1.94. The Morgan fingerprint density at radius 1 is 1.00 bits per heavy atom. The van der Waals surface area contributed by atoms with Gasteiger partial charge in [0.1, 0.15) is 0 Å². The maximum atomic E-state index is 12.3. The number of amides is 2. The summed E-state index contributed by atoms with van der Waals surface area (Å²) in [5, 5.41) is 0.611. The number of hydrogen-bond donors (Lipinski definition) is 2. The number of benzene rings is 2. The van der Waals surface area contributed by atoms with Crippen LogP contribution in [0.1, 0.15) is 21.5 Å². The minimum atomic E-state index is -0.372. The summed E-state index contributed by atoms with van der Waals surface area (Å²) >= 11 is 5.82. The van der Waals surface area contributed by atoms with Crippen molar-refractivity contribution in [3.8, 4) is 5.69 Å². The molecule has 1 aromatic heterocycles. The molecule has 0 fully saturated rings. The molecule has 0 aliphatic carbocycles. The molecular formula is C20H18ClN3O2. The number of aromatic nitrogens is 1. The van der Waals surface area contributed by atoms with Crippen LogP contribution < -0.4 is 10.9 Å². The third-order valence-electron chi connectivity index (χ3n) is 3.95. The summed E-state index contributed by atoms with van der Waals surface area (Å²) in [6, 6.07) is 16.2. The molecule has 0 spiro atoms. The first-order chi connectivity index (χ1) is 12.5. The Morgan fingerprint density at radius 3 is 2.38 bits per heavy atom. The normalized spacial score (nSPS) is 10.4. The Bertz CT molecular complexity index is 919. The van der Waals surface area contributed by atoms with Gasteiger partial charge < -0.3 is 4.57 Å². The average Bonchev–Trinajstić information content (AvgIpc) is 3.16. The number of halogens is 1. The Kier molecular flexibility index (Phi) is 5.39. The fourth-order valence-corrected chi connectivity index (χ4v) is 2.68. The zero-order valence-electron chi connectivity index (χ0n) is 14.2. The zero-order chi connectivity index (χ0) is 18.5. The molecule has 3 rings (SSSR count). The summed E-state index contributed by atoms with van der Waals surface area (Å²) in [6.07, 6.45) is 3.98. The van der Waals surface area contributed by atoms with Gasteiger partial charge in [-0.3, -0.25) is 20.4 Å². The van der Waals surface area contributed by atoms with Crippen molar-refractivity contribution in [3.05, 3.63) is 88.7 Å². The van der Waals surface area contributed by atoms with Crippen LogP contribution in [0.25, 0.3) is 5.69 Å². The Balaban J connectivity index is 1.62. The van der Waals surface area contributed by atoms with Crippen LogP contribution in [-0.2, 0) is 11.2 Å². The minimum absolute atomic E-state index is 0.153. The van der Waals surface area contributed by atoms with Gasteiger partial charge in [-0.05, 0) is 54.4 Å². The topological polar surface area (TPSA) is 63.1 Å². The van der Waals surface area contributed by atoms with E-state index in [2.05, 4.69) is 10.9 Å². The number of hydrogen-bond acceptors (Lipinski definition) is 2. The van der Waals surface area contributed by atoms with Crippen molar-refractivity contribution in [2.75, 3.05) is 0 Å². The summed E-state index contributed by atoms with van der Waals surface area (Å²) in [5.74, 6) is -0.679. The van der Waals surface area contributed by atoms with Crippen LogP contribution in [0.5, 0.6) is 0 Å². The second-order valence-corrected chi connectivity index (χ2v) is 6.33. The average molecular weight is 368 g/mol. The van der Waals surface area contributed by atoms with Gasteiger partial charge in [-0.15, -0.1) is 0 Å². The largest absolute Gasteiger partial charge is 0.324 e. The van der Waals surface area contributed by atoms with Crippen molar-refractivity contribution in [2.24, 2.45) is 0 Å². The third-order valence-corrected chi connectivity index (χ3v) is 4.20. The van der Waals surface area contributed by atoms with E-state index in [1.165, 1.54) is 0 Å². The molecule has 0 saturated carbocycles. The highest BCUT2D eigenvalue weighted by Crippen LogP contribution is 2.16. The van der Waals surface area contributed by atoms with E-state index in [1.54, 1.807) is 36.4 Å². The van der Waals surface area contributed by atoms with E-state index in [-0.39, 0.29) is 18.2 Å². The molecule has 0 unspecified atom stereocenters. The first kappa shape index (κ1) is 17.8. The van der Waals surface area contributed by atoms with Crippen molar-refractivity contribution in [3.63, 3.8) is 0 Å². The van der Waals surface area contributed by atoms with E-state index >= 15 is 0 Å². The van der Waals surface area contributed by atoms with E-state index in [0.29, 0.717) is 10.6 Å². The molecule has 2 N–H and O–H groups in total. The van der Waals surface area contributed by atoms with Gasteiger partial charge >= 0.3 is 0 Å². The third kappa shape index (κ3) is 4.32. The van der Waals surface area contributed by atoms with Crippen molar-refractivity contribution in [1.29, 1.82) is 0 Å². The van der Waals surface area contributed by atoms with Gasteiger partial charge in [-0.2, -0.15) is 0 Å². The smallest absolute Gasteiger partial charge is 0.269 e.